The number of hydrogen-bond donors (Lipinski definition) is 0. The standard InChI is InChI=1S/C45H86N4/c1-3-5-7-9-11-13-15-17-19-21-23-25-27-29-31-33-36-46-40-42-48(44-46)38-35-39-49-43-41-47(45-49)37-34-32-30-28-26-24-22-20-18-16-14-12-10-8-6-4-2/h40-45H,3-39H2,1-2H3/q+2. The topological polar surface area (TPSA) is 17.6 Å². The van der Waals surface area contributed by atoms with E-state index in [0.717, 1.165) is 13.1 Å². The summed E-state index contributed by atoms with van der Waals surface area (Å²) in [4.78, 5) is 0. The second-order valence-corrected chi connectivity index (χ2v) is 15.7. The number of unbranched alkanes of at least 4 members (excludes halogenated alkanes) is 30. The molecule has 2 heterocycles. The normalized spacial score (nSPS) is 11.6. The van der Waals surface area contributed by atoms with Gasteiger partial charge < -0.3 is 0 Å². The summed E-state index contributed by atoms with van der Waals surface area (Å²) in [6.07, 6.45) is 60.8. The van der Waals surface area contributed by atoms with Crippen molar-refractivity contribution in [3.8, 4) is 0 Å². The highest BCUT2D eigenvalue weighted by Gasteiger charge is 2.07. The third-order valence-electron chi connectivity index (χ3n) is 10.9. The van der Waals surface area contributed by atoms with Crippen molar-refractivity contribution in [2.45, 2.75) is 252 Å². The number of imidazole rings is 2. The highest BCUT2D eigenvalue weighted by Crippen LogP contribution is 2.15. The Balaban J connectivity index is 1.33. The Hall–Kier alpha value is -1.58. The lowest BCUT2D eigenvalue weighted by Gasteiger charge is -2.03. The van der Waals surface area contributed by atoms with E-state index < -0.39 is 0 Å². The van der Waals surface area contributed by atoms with Crippen LogP contribution in [-0.2, 0) is 26.2 Å². The van der Waals surface area contributed by atoms with Crippen molar-refractivity contribution < 1.29 is 9.13 Å². The summed E-state index contributed by atoms with van der Waals surface area (Å²) in [7, 11) is 0. The van der Waals surface area contributed by atoms with E-state index in [2.05, 4.69) is 69.6 Å². The van der Waals surface area contributed by atoms with Gasteiger partial charge in [-0.3, -0.25) is 0 Å². The number of nitrogens with zero attached hydrogens (tertiary/aromatic N) is 4. The van der Waals surface area contributed by atoms with Gasteiger partial charge in [-0.2, -0.15) is 0 Å². The molecule has 0 amide bonds. The van der Waals surface area contributed by atoms with E-state index in [4.69, 9.17) is 0 Å². The average Bonchev–Trinajstić information content (AvgIpc) is 3.77. The first-order valence-electron chi connectivity index (χ1n) is 22.4. The molecule has 2 rings (SSSR count). The average molecular weight is 683 g/mol. The first-order chi connectivity index (χ1) is 24.3. The van der Waals surface area contributed by atoms with Crippen LogP contribution in [0.15, 0.2) is 37.4 Å². The molecule has 0 aliphatic heterocycles. The van der Waals surface area contributed by atoms with Crippen molar-refractivity contribution in [3.63, 3.8) is 0 Å². The van der Waals surface area contributed by atoms with Gasteiger partial charge in [-0.1, -0.05) is 194 Å². The van der Waals surface area contributed by atoms with E-state index in [1.54, 1.807) is 0 Å². The predicted octanol–water partition coefficient (Wildman–Crippen LogP) is 13.5. The van der Waals surface area contributed by atoms with Gasteiger partial charge in [0.15, 0.2) is 0 Å². The summed E-state index contributed by atoms with van der Waals surface area (Å²) in [6, 6.07) is 0. The smallest absolute Gasteiger partial charge is 0.237 e. The van der Waals surface area contributed by atoms with Crippen molar-refractivity contribution in [2.24, 2.45) is 0 Å². The van der Waals surface area contributed by atoms with Gasteiger partial charge in [0.05, 0.1) is 26.2 Å². The van der Waals surface area contributed by atoms with Gasteiger partial charge in [0.25, 0.3) is 0 Å². The summed E-state index contributed by atoms with van der Waals surface area (Å²) in [5.74, 6) is 0. The summed E-state index contributed by atoms with van der Waals surface area (Å²) < 4.78 is 9.54. The van der Waals surface area contributed by atoms with E-state index in [-0.39, 0.29) is 0 Å². The largest absolute Gasteiger partial charge is 0.243 e. The van der Waals surface area contributed by atoms with Gasteiger partial charge >= 0.3 is 0 Å². The zero-order chi connectivity index (χ0) is 34.7. The minimum Gasteiger partial charge on any atom is -0.237 e. The van der Waals surface area contributed by atoms with Crippen LogP contribution in [0.3, 0.4) is 0 Å². The summed E-state index contributed by atoms with van der Waals surface area (Å²) in [5.41, 5.74) is 0. The lowest BCUT2D eigenvalue weighted by atomic mass is 10.0. The third-order valence-corrected chi connectivity index (χ3v) is 10.9. The lowest BCUT2D eigenvalue weighted by Crippen LogP contribution is -2.37. The number of aromatic nitrogens is 4. The van der Waals surface area contributed by atoms with Crippen LogP contribution in [0.5, 0.6) is 0 Å². The molecule has 0 N–H and O–H groups in total. The molecular weight excluding hydrogens is 597 g/mol. The van der Waals surface area contributed by atoms with Crippen LogP contribution in [0.25, 0.3) is 0 Å². The molecule has 2 aromatic heterocycles. The number of hydrogen-bond acceptors (Lipinski definition) is 0. The molecule has 0 bridgehead atoms. The molecule has 49 heavy (non-hydrogen) atoms. The maximum absolute atomic E-state index is 2.39. The molecular formula is C45H86N4+2. The summed E-state index contributed by atoms with van der Waals surface area (Å²) in [5, 5.41) is 0. The second kappa shape index (κ2) is 33.6. The lowest BCUT2D eigenvalue weighted by molar-refractivity contribution is -0.726. The van der Waals surface area contributed by atoms with Crippen LogP contribution in [0.4, 0.5) is 0 Å². The molecule has 0 saturated heterocycles. The quantitative estimate of drug-likeness (QED) is 0.0495. The van der Waals surface area contributed by atoms with Gasteiger partial charge in [0, 0.05) is 6.42 Å². The molecule has 284 valence electrons. The molecule has 4 nitrogen and oxygen atoms in total. The molecule has 2 aromatic rings. The van der Waals surface area contributed by atoms with Crippen LogP contribution in [0.1, 0.15) is 226 Å². The van der Waals surface area contributed by atoms with Crippen molar-refractivity contribution in [1.29, 1.82) is 0 Å². The fourth-order valence-corrected chi connectivity index (χ4v) is 7.53. The first kappa shape index (κ1) is 43.6. The minimum absolute atomic E-state index is 1.10. The van der Waals surface area contributed by atoms with Crippen molar-refractivity contribution >= 4 is 0 Å². The molecule has 0 saturated carbocycles. The minimum atomic E-state index is 1.10. The first-order valence-corrected chi connectivity index (χ1v) is 22.4. The molecule has 0 fully saturated rings. The van der Waals surface area contributed by atoms with Crippen LogP contribution in [-0.4, -0.2) is 9.13 Å². The molecule has 0 spiro atoms. The third kappa shape index (κ3) is 26.8. The SMILES string of the molecule is CCCCCCCCCCCCCCCCCCn1cc[n+](CCC[n+]2ccn(CCCCCCCCCCCCCCCCCC)c2)c1. The Kier molecular flexibility index (Phi) is 29.8. The zero-order valence-electron chi connectivity index (χ0n) is 33.4. The fraction of sp³-hybridized carbons (Fsp3) is 0.867. The monoisotopic (exact) mass is 683 g/mol. The van der Waals surface area contributed by atoms with E-state index >= 15 is 0 Å². The fourth-order valence-electron chi connectivity index (χ4n) is 7.53. The maximum atomic E-state index is 2.39. The van der Waals surface area contributed by atoms with Gasteiger partial charge in [-0.05, 0) is 25.7 Å². The van der Waals surface area contributed by atoms with Crippen molar-refractivity contribution in [2.75, 3.05) is 0 Å². The second-order valence-electron chi connectivity index (χ2n) is 15.7. The highest BCUT2D eigenvalue weighted by molar-refractivity contribution is 4.67. The Bertz CT molecular complexity index is 856. The maximum Gasteiger partial charge on any atom is 0.243 e. The van der Waals surface area contributed by atoms with Crippen LogP contribution < -0.4 is 9.13 Å². The molecule has 0 aromatic carbocycles. The van der Waals surface area contributed by atoms with E-state index in [9.17, 15) is 0 Å². The van der Waals surface area contributed by atoms with E-state index in [0.29, 0.717) is 0 Å². The molecule has 0 radical (unpaired) electrons. The molecule has 0 aliphatic carbocycles. The predicted molar refractivity (Wildman–Crippen MR) is 213 cm³/mol. The molecule has 0 unspecified atom stereocenters. The summed E-state index contributed by atoms with van der Waals surface area (Å²) >= 11 is 0. The van der Waals surface area contributed by atoms with E-state index in [1.807, 2.05) is 0 Å². The van der Waals surface area contributed by atoms with Crippen molar-refractivity contribution in [3.05, 3.63) is 37.4 Å². The van der Waals surface area contributed by atoms with Gasteiger partial charge in [-0.25, -0.2) is 18.3 Å². The molecule has 4 heteroatoms. The van der Waals surface area contributed by atoms with Crippen LogP contribution in [0.2, 0.25) is 0 Å². The number of rotatable bonds is 38. The van der Waals surface area contributed by atoms with E-state index in [1.165, 1.54) is 225 Å². The van der Waals surface area contributed by atoms with Crippen LogP contribution >= 0.6 is 0 Å². The Labute approximate surface area is 306 Å². The zero-order valence-corrected chi connectivity index (χ0v) is 33.4. The van der Waals surface area contributed by atoms with Crippen molar-refractivity contribution in [1.82, 2.24) is 9.13 Å². The van der Waals surface area contributed by atoms with Crippen LogP contribution in [0, 0.1) is 0 Å². The van der Waals surface area contributed by atoms with Gasteiger partial charge in [-0.15, -0.1) is 0 Å². The Morgan fingerprint density at radius 3 is 0.816 bits per heavy atom. The van der Waals surface area contributed by atoms with Gasteiger partial charge in [0.2, 0.25) is 12.7 Å². The molecule has 0 aliphatic rings. The number of aryl methyl sites for hydroxylation is 4. The highest BCUT2D eigenvalue weighted by atomic mass is 15.1. The summed E-state index contributed by atoms with van der Waals surface area (Å²) in [6.45, 7) is 9.15. The van der Waals surface area contributed by atoms with Gasteiger partial charge in [0.1, 0.15) is 24.8 Å². The Morgan fingerprint density at radius 1 is 0.306 bits per heavy atom. The molecule has 0 atom stereocenters. The Morgan fingerprint density at radius 2 is 0.551 bits per heavy atom.